The summed E-state index contributed by atoms with van der Waals surface area (Å²) < 4.78 is 0. The van der Waals surface area contributed by atoms with Gasteiger partial charge >= 0.3 is 0 Å². The Morgan fingerprint density at radius 3 is 2.32 bits per heavy atom. The molecule has 3 rings (SSSR count). The maximum absolute atomic E-state index is 12.1. The number of anilines is 1. The lowest BCUT2D eigenvalue weighted by Crippen LogP contribution is -2.11. The molecule has 0 aliphatic carbocycles. The molecule has 0 saturated carbocycles. The van der Waals surface area contributed by atoms with Crippen molar-refractivity contribution in [2.75, 3.05) is 5.32 Å². The third-order valence-corrected chi connectivity index (χ3v) is 3.91. The Labute approximate surface area is 131 Å². The van der Waals surface area contributed by atoms with Gasteiger partial charge in [0, 0.05) is 11.1 Å². The summed E-state index contributed by atoms with van der Waals surface area (Å²) in [6, 6.07) is 20.5. The van der Waals surface area contributed by atoms with Gasteiger partial charge in [0.2, 0.25) is 0 Å². The molecular formula is C17H11N3OS. The number of carbonyl (C=O) groups is 1. The van der Waals surface area contributed by atoms with Gasteiger partial charge < -0.3 is 0 Å². The number of amides is 1. The van der Waals surface area contributed by atoms with Crippen LogP contribution in [0.1, 0.15) is 15.2 Å². The summed E-state index contributed by atoms with van der Waals surface area (Å²) in [4.78, 5) is 17.0. The normalized spacial score (nSPS) is 9.95. The van der Waals surface area contributed by atoms with E-state index in [1.165, 1.54) is 11.3 Å². The van der Waals surface area contributed by atoms with Crippen LogP contribution in [0.4, 0.5) is 5.13 Å². The molecule has 0 aliphatic rings. The number of benzene rings is 2. The Morgan fingerprint density at radius 2 is 1.68 bits per heavy atom. The maximum atomic E-state index is 12.1. The van der Waals surface area contributed by atoms with E-state index in [4.69, 9.17) is 0 Å². The van der Waals surface area contributed by atoms with Crippen molar-refractivity contribution in [1.29, 1.82) is 5.26 Å². The summed E-state index contributed by atoms with van der Waals surface area (Å²) in [5.41, 5.74) is 2.00. The van der Waals surface area contributed by atoms with Crippen molar-refractivity contribution in [2.45, 2.75) is 0 Å². The van der Waals surface area contributed by atoms with Crippen molar-refractivity contribution >= 4 is 22.4 Å². The molecule has 0 aliphatic heterocycles. The molecule has 4 nitrogen and oxygen atoms in total. The van der Waals surface area contributed by atoms with Crippen LogP contribution in [0.5, 0.6) is 0 Å². The van der Waals surface area contributed by atoms with Crippen LogP contribution in [0, 0.1) is 11.3 Å². The number of hydrogen-bond acceptors (Lipinski definition) is 4. The molecule has 1 aromatic heterocycles. The molecule has 3 aromatic rings. The molecule has 1 amide bonds. The topological polar surface area (TPSA) is 65.8 Å². The van der Waals surface area contributed by atoms with Gasteiger partial charge in [-0.2, -0.15) is 5.26 Å². The van der Waals surface area contributed by atoms with Gasteiger partial charge in [-0.15, -0.1) is 0 Å². The lowest BCUT2D eigenvalue weighted by atomic mass is 10.1. The summed E-state index contributed by atoms with van der Waals surface area (Å²) >= 11 is 1.17. The van der Waals surface area contributed by atoms with Crippen molar-refractivity contribution in [3.8, 4) is 17.3 Å². The number of hydrogen-bond donors (Lipinski definition) is 1. The molecule has 0 atom stereocenters. The largest absolute Gasteiger partial charge is 0.298 e. The lowest BCUT2D eigenvalue weighted by Gasteiger charge is -2.00. The first-order chi connectivity index (χ1) is 10.8. The molecule has 0 fully saturated rings. The zero-order valence-electron chi connectivity index (χ0n) is 11.5. The molecule has 0 unspecified atom stereocenters. The van der Waals surface area contributed by atoms with Crippen molar-refractivity contribution < 1.29 is 4.79 Å². The third-order valence-electron chi connectivity index (χ3n) is 3.03. The van der Waals surface area contributed by atoms with Gasteiger partial charge in [-0.25, -0.2) is 4.98 Å². The van der Waals surface area contributed by atoms with Crippen LogP contribution < -0.4 is 5.32 Å². The van der Waals surface area contributed by atoms with Crippen LogP contribution in [0.3, 0.4) is 0 Å². The van der Waals surface area contributed by atoms with Crippen LogP contribution in [-0.2, 0) is 0 Å². The molecule has 2 aromatic carbocycles. The van der Waals surface area contributed by atoms with Crippen molar-refractivity contribution in [3.05, 3.63) is 71.1 Å². The Kier molecular flexibility index (Phi) is 3.95. The van der Waals surface area contributed by atoms with E-state index in [1.807, 2.05) is 36.4 Å². The van der Waals surface area contributed by atoms with Crippen LogP contribution >= 0.6 is 11.3 Å². The Bertz CT molecular complexity index is 835. The summed E-state index contributed by atoms with van der Waals surface area (Å²) in [5, 5.41) is 12.4. The first-order valence-electron chi connectivity index (χ1n) is 6.60. The zero-order valence-corrected chi connectivity index (χ0v) is 12.3. The second kappa shape index (κ2) is 6.20. The predicted molar refractivity (Wildman–Crippen MR) is 86.7 cm³/mol. The van der Waals surface area contributed by atoms with E-state index >= 15 is 0 Å². The monoisotopic (exact) mass is 305 g/mol. The van der Waals surface area contributed by atoms with Crippen LogP contribution in [0.2, 0.25) is 0 Å². The molecule has 106 valence electrons. The lowest BCUT2D eigenvalue weighted by molar-refractivity contribution is 0.102. The number of nitriles is 1. The quantitative estimate of drug-likeness (QED) is 0.797. The molecule has 0 radical (unpaired) electrons. The van der Waals surface area contributed by atoms with Crippen molar-refractivity contribution in [1.82, 2.24) is 4.98 Å². The van der Waals surface area contributed by atoms with Crippen molar-refractivity contribution in [3.63, 3.8) is 0 Å². The van der Waals surface area contributed by atoms with E-state index < -0.39 is 0 Å². The van der Waals surface area contributed by atoms with E-state index in [0.29, 0.717) is 21.3 Å². The average Bonchev–Trinajstić information content (AvgIpc) is 2.99. The first kappa shape index (κ1) is 14.0. The smallest absolute Gasteiger partial charge is 0.257 e. The van der Waals surface area contributed by atoms with Crippen molar-refractivity contribution in [2.24, 2.45) is 0 Å². The van der Waals surface area contributed by atoms with E-state index in [2.05, 4.69) is 16.4 Å². The number of carbonyl (C=O) groups excluding carboxylic acids is 1. The minimum atomic E-state index is -0.238. The van der Waals surface area contributed by atoms with Crippen LogP contribution in [0.25, 0.3) is 11.3 Å². The molecular weight excluding hydrogens is 294 g/mol. The van der Waals surface area contributed by atoms with Gasteiger partial charge in [0.25, 0.3) is 5.91 Å². The minimum Gasteiger partial charge on any atom is -0.298 e. The Balaban J connectivity index is 1.89. The predicted octanol–water partition coefficient (Wildman–Crippen LogP) is 3.93. The minimum absolute atomic E-state index is 0.238. The number of aromatic nitrogens is 1. The highest BCUT2D eigenvalue weighted by Gasteiger charge is 2.15. The second-order valence-electron chi connectivity index (χ2n) is 4.49. The molecule has 22 heavy (non-hydrogen) atoms. The SMILES string of the molecule is N#Cc1sc(NC(=O)c2ccccc2)nc1-c1ccccc1. The second-order valence-corrected chi connectivity index (χ2v) is 5.49. The molecule has 5 heteroatoms. The van der Waals surface area contributed by atoms with Gasteiger partial charge in [-0.3, -0.25) is 10.1 Å². The molecule has 1 heterocycles. The fourth-order valence-corrected chi connectivity index (χ4v) is 2.78. The van der Waals surface area contributed by atoms with E-state index in [9.17, 15) is 10.1 Å². The highest BCUT2D eigenvalue weighted by Crippen LogP contribution is 2.30. The summed E-state index contributed by atoms with van der Waals surface area (Å²) in [6.45, 7) is 0. The number of rotatable bonds is 3. The van der Waals surface area contributed by atoms with Gasteiger partial charge in [-0.05, 0) is 12.1 Å². The van der Waals surface area contributed by atoms with E-state index in [-0.39, 0.29) is 5.91 Å². The van der Waals surface area contributed by atoms with Gasteiger partial charge in [-0.1, -0.05) is 59.9 Å². The molecule has 1 N–H and O–H groups in total. The number of nitrogens with zero attached hydrogens (tertiary/aromatic N) is 2. The van der Waals surface area contributed by atoms with Crippen LogP contribution in [0.15, 0.2) is 60.7 Å². The molecule has 0 spiro atoms. The van der Waals surface area contributed by atoms with E-state index in [0.717, 1.165) is 5.56 Å². The maximum Gasteiger partial charge on any atom is 0.257 e. The van der Waals surface area contributed by atoms with Gasteiger partial charge in [0.1, 0.15) is 16.6 Å². The zero-order chi connectivity index (χ0) is 15.4. The first-order valence-corrected chi connectivity index (χ1v) is 7.42. The molecule has 0 bridgehead atoms. The van der Waals surface area contributed by atoms with Gasteiger partial charge in [0.15, 0.2) is 5.13 Å². The molecule has 0 saturated heterocycles. The summed E-state index contributed by atoms with van der Waals surface area (Å²) in [6.07, 6.45) is 0. The fraction of sp³-hybridized carbons (Fsp3) is 0. The summed E-state index contributed by atoms with van der Waals surface area (Å²) in [7, 11) is 0. The summed E-state index contributed by atoms with van der Waals surface area (Å²) in [5.74, 6) is -0.238. The third kappa shape index (κ3) is 2.87. The number of thiazole rings is 1. The average molecular weight is 305 g/mol. The highest BCUT2D eigenvalue weighted by molar-refractivity contribution is 7.16. The van der Waals surface area contributed by atoms with E-state index in [1.54, 1.807) is 24.3 Å². The van der Waals surface area contributed by atoms with Crippen LogP contribution in [-0.4, -0.2) is 10.9 Å². The number of nitrogens with one attached hydrogen (secondary N) is 1. The van der Waals surface area contributed by atoms with Gasteiger partial charge in [0.05, 0.1) is 0 Å². The Morgan fingerprint density at radius 1 is 1.05 bits per heavy atom. The highest BCUT2D eigenvalue weighted by atomic mass is 32.1. The standard InChI is InChI=1S/C17H11N3OS/c18-11-14-15(12-7-3-1-4-8-12)19-17(22-14)20-16(21)13-9-5-2-6-10-13/h1-10H,(H,19,20,21). The Hall–Kier alpha value is -2.97. The fourth-order valence-electron chi connectivity index (χ4n) is 2.00.